The summed E-state index contributed by atoms with van der Waals surface area (Å²) in [6.07, 6.45) is 1.10. The minimum absolute atomic E-state index is 0.171. The molecule has 34 heavy (non-hydrogen) atoms. The van der Waals surface area contributed by atoms with Crippen molar-refractivity contribution in [3.63, 3.8) is 0 Å². The van der Waals surface area contributed by atoms with Crippen LogP contribution in [-0.4, -0.2) is 26.0 Å². The van der Waals surface area contributed by atoms with E-state index in [0.29, 0.717) is 28.7 Å². The van der Waals surface area contributed by atoms with Gasteiger partial charge in [0.1, 0.15) is 5.75 Å². The highest BCUT2D eigenvalue weighted by Gasteiger charge is 2.31. The van der Waals surface area contributed by atoms with Crippen molar-refractivity contribution >= 4 is 23.9 Å². The van der Waals surface area contributed by atoms with Gasteiger partial charge in [0, 0.05) is 43.3 Å². The van der Waals surface area contributed by atoms with E-state index in [9.17, 15) is 18.0 Å². The lowest BCUT2D eigenvalue weighted by Gasteiger charge is -2.27. The van der Waals surface area contributed by atoms with Crippen LogP contribution in [0.25, 0.3) is 16.7 Å². The fourth-order valence-corrected chi connectivity index (χ4v) is 3.70. The summed E-state index contributed by atoms with van der Waals surface area (Å²) >= 11 is 0. The maximum Gasteiger partial charge on any atom is 0.573 e. The molecular formula is C25H29F3N4O2. The van der Waals surface area contributed by atoms with Crippen LogP contribution in [0.4, 0.5) is 18.9 Å². The molecule has 1 amide bonds. The topological polar surface area (TPSA) is 91.4 Å². The molecule has 0 saturated heterocycles. The Hall–Kier alpha value is -3.75. The highest BCUT2D eigenvalue weighted by atomic mass is 19.4. The summed E-state index contributed by atoms with van der Waals surface area (Å²) in [6, 6.07) is 7.46. The van der Waals surface area contributed by atoms with Crippen LogP contribution in [0.1, 0.15) is 37.0 Å². The molecule has 0 fully saturated rings. The quantitative estimate of drug-likeness (QED) is 0.313. The Morgan fingerprint density at radius 2 is 1.91 bits per heavy atom. The lowest BCUT2D eigenvalue weighted by molar-refractivity contribution is -0.274. The number of benzene rings is 2. The molecule has 0 saturated carbocycles. The molecule has 0 aliphatic heterocycles. The van der Waals surface area contributed by atoms with Crippen molar-refractivity contribution in [3.8, 4) is 16.9 Å². The van der Waals surface area contributed by atoms with E-state index in [4.69, 9.17) is 11.1 Å². The second-order valence-electron chi connectivity index (χ2n) is 7.71. The number of nitrogens with zero attached hydrogens (tertiary/aromatic N) is 1. The molecule has 2 aromatic rings. The van der Waals surface area contributed by atoms with Gasteiger partial charge in [0.15, 0.2) is 0 Å². The zero-order valence-corrected chi connectivity index (χ0v) is 19.6. The fourth-order valence-electron chi connectivity index (χ4n) is 3.70. The molecule has 0 aliphatic rings. The highest BCUT2D eigenvalue weighted by Crippen LogP contribution is 2.40. The molecule has 4 N–H and O–H groups in total. The first-order valence-corrected chi connectivity index (χ1v) is 10.6. The largest absolute Gasteiger partial charge is 0.573 e. The van der Waals surface area contributed by atoms with Gasteiger partial charge in [-0.05, 0) is 60.7 Å². The molecule has 182 valence electrons. The molecule has 9 heteroatoms. The summed E-state index contributed by atoms with van der Waals surface area (Å²) in [7, 11) is 1.88. The zero-order chi connectivity index (χ0) is 25.5. The van der Waals surface area contributed by atoms with E-state index in [1.807, 2.05) is 45.0 Å². The van der Waals surface area contributed by atoms with Crippen LogP contribution < -0.4 is 20.7 Å². The first-order chi connectivity index (χ1) is 16.1. The maximum atomic E-state index is 12.6. The maximum absolute atomic E-state index is 12.6. The molecule has 0 bridgehead atoms. The van der Waals surface area contributed by atoms with Crippen molar-refractivity contribution in [1.29, 1.82) is 5.41 Å². The molecular weight excluding hydrogens is 445 g/mol. The van der Waals surface area contributed by atoms with Crippen LogP contribution in [-0.2, 0) is 11.3 Å². The van der Waals surface area contributed by atoms with Crippen LogP contribution in [0, 0.1) is 12.3 Å². The highest BCUT2D eigenvalue weighted by molar-refractivity contribution is 6.12. The normalized spacial score (nSPS) is 12.3. The summed E-state index contributed by atoms with van der Waals surface area (Å²) < 4.78 is 41.7. The number of nitrogens with one attached hydrogen (secondary N) is 2. The number of carbonyl (C=O) groups excluding carboxylic acids is 1. The number of amides is 1. The number of halogens is 3. The third kappa shape index (κ3) is 6.40. The Bertz CT molecular complexity index is 1090. The van der Waals surface area contributed by atoms with Crippen molar-refractivity contribution in [1.82, 2.24) is 5.32 Å². The number of anilines is 1. The standard InChI is InChI=1S/C25H29F3N4O2/c1-5-16(2)14-32(4)24-17(3)22(18-6-8-21(9-7-18)34-25(26,27)28)10-19(13-31-15-33)23(24)20(11-29)12-30/h6-12,14-15,29H,5,13,30H2,1-4H3,(H,31,33)/b16-14+,20-12+,29-11?. The summed E-state index contributed by atoms with van der Waals surface area (Å²) in [5, 5.41) is 10.5. The van der Waals surface area contributed by atoms with E-state index in [1.165, 1.54) is 18.3 Å². The minimum atomic E-state index is -4.77. The number of allylic oxidation sites excluding steroid dienone is 2. The van der Waals surface area contributed by atoms with Crippen molar-refractivity contribution in [2.75, 3.05) is 11.9 Å². The van der Waals surface area contributed by atoms with Gasteiger partial charge in [0.05, 0.1) is 5.69 Å². The molecule has 0 unspecified atom stereocenters. The van der Waals surface area contributed by atoms with E-state index in [2.05, 4.69) is 10.1 Å². The van der Waals surface area contributed by atoms with Gasteiger partial charge in [0.25, 0.3) is 0 Å². The smallest absolute Gasteiger partial charge is 0.406 e. The van der Waals surface area contributed by atoms with Crippen LogP contribution in [0.3, 0.4) is 0 Å². The molecule has 2 rings (SSSR count). The van der Waals surface area contributed by atoms with Gasteiger partial charge >= 0.3 is 6.36 Å². The number of ether oxygens (including phenoxy) is 1. The Morgan fingerprint density at radius 1 is 1.26 bits per heavy atom. The number of hydrogen-bond acceptors (Lipinski definition) is 5. The van der Waals surface area contributed by atoms with E-state index in [-0.39, 0.29) is 12.3 Å². The van der Waals surface area contributed by atoms with E-state index < -0.39 is 6.36 Å². The zero-order valence-electron chi connectivity index (χ0n) is 19.6. The molecule has 0 aliphatic carbocycles. The Balaban J connectivity index is 2.81. The first kappa shape index (κ1) is 26.5. The summed E-state index contributed by atoms with van der Waals surface area (Å²) in [4.78, 5) is 13.0. The van der Waals surface area contributed by atoms with Crippen molar-refractivity contribution in [3.05, 3.63) is 65.0 Å². The molecule has 0 spiro atoms. The third-order valence-electron chi connectivity index (χ3n) is 5.36. The van der Waals surface area contributed by atoms with E-state index in [1.54, 1.807) is 12.1 Å². The first-order valence-electron chi connectivity index (χ1n) is 10.6. The Morgan fingerprint density at radius 3 is 2.41 bits per heavy atom. The average Bonchev–Trinajstić information content (AvgIpc) is 2.78. The predicted molar refractivity (Wildman–Crippen MR) is 130 cm³/mol. The molecule has 0 atom stereocenters. The average molecular weight is 475 g/mol. The number of alkyl halides is 3. The van der Waals surface area contributed by atoms with Gasteiger partial charge in [0.2, 0.25) is 6.41 Å². The van der Waals surface area contributed by atoms with Gasteiger partial charge in [-0.1, -0.05) is 24.6 Å². The summed E-state index contributed by atoms with van der Waals surface area (Å²) in [5.74, 6) is -0.315. The van der Waals surface area contributed by atoms with Gasteiger partial charge in [-0.25, -0.2) is 0 Å². The van der Waals surface area contributed by atoms with Crippen molar-refractivity contribution in [2.24, 2.45) is 5.73 Å². The number of nitrogens with two attached hydrogens (primary N) is 1. The number of hydrogen-bond donors (Lipinski definition) is 3. The van der Waals surface area contributed by atoms with Crippen LogP contribution in [0.2, 0.25) is 0 Å². The van der Waals surface area contributed by atoms with Crippen molar-refractivity contribution in [2.45, 2.75) is 40.1 Å². The molecule has 0 radical (unpaired) electrons. The molecule has 6 nitrogen and oxygen atoms in total. The lowest BCUT2D eigenvalue weighted by Crippen LogP contribution is -2.18. The monoisotopic (exact) mass is 474 g/mol. The van der Waals surface area contributed by atoms with Crippen molar-refractivity contribution < 1.29 is 22.7 Å². The minimum Gasteiger partial charge on any atom is -0.406 e. The molecule has 0 aromatic heterocycles. The second-order valence-corrected chi connectivity index (χ2v) is 7.71. The summed E-state index contributed by atoms with van der Waals surface area (Å²) in [6.45, 7) is 6.11. The predicted octanol–water partition coefficient (Wildman–Crippen LogP) is 5.51. The SMILES string of the molecule is CC/C(C)=C/N(C)c1c(C)c(-c2ccc(OC(F)(F)F)cc2)cc(CNC=O)c1/C(C=N)=C/N. The Labute approximate surface area is 197 Å². The third-order valence-corrected chi connectivity index (χ3v) is 5.36. The summed E-state index contributed by atoms with van der Waals surface area (Å²) in [5.41, 5.74) is 11.8. The number of carbonyl (C=O) groups is 1. The number of rotatable bonds is 10. The fraction of sp³-hybridized carbons (Fsp3) is 0.280. The lowest BCUT2D eigenvalue weighted by atomic mass is 9.88. The molecule has 2 aromatic carbocycles. The van der Waals surface area contributed by atoms with E-state index in [0.717, 1.165) is 35.0 Å². The van der Waals surface area contributed by atoms with Gasteiger partial charge in [-0.2, -0.15) is 0 Å². The van der Waals surface area contributed by atoms with Gasteiger partial charge < -0.3 is 26.1 Å². The Kier molecular flexibility index (Phi) is 8.89. The van der Waals surface area contributed by atoms with Crippen LogP contribution in [0.15, 0.2) is 48.3 Å². The van der Waals surface area contributed by atoms with Crippen LogP contribution in [0.5, 0.6) is 5.75 Å². The van der Waals surface area contributed by atoms with E-state index >= 15 is 0 Å². The van der Waals surface area contributed by atoms with Gasteiger partial charge in [-0.3, -0.25) is 4.79 Å². The molecule has 0 heterocycles. The second kappa shape index (κ2) is 11.4. The van der Waals surface area contributed by atoms with Crippen LogP contribution >= 0.6 is 0 Å². The van der Waals surface area contributed by atoms with Gasteiger partial charge in [-0.15, -0.1) is 13.2 Å².